The van der Waals surface area contributed by atoms with Gasteiger partial charge < -0.3 is 19.7 Å². The van der Waals surface area contributed by atoms with Crippen LogP contribution in [0, 0.1) is 11.8 Å². The molecule has 1 aromatic carbocycles. The zero-order valence-electron chi connectivity index (χ0n) is 16.3. The molecule has 5 heteroatoms. The summed E-state index contributed by atoms with van der Waals surface area (Å²) in [5, 5.41) is 19.2. The van der Waals surface area contributed by atoms with Crippen molar-refractivity contribution in [3.05, 3.63) is 60.2 Å². The predicted octanol–water partition coefficient (Wildman–Crippen LogP) is 3.55. The summed E-state index contributed by atoms with van der Waals surface area (Å²) >= 11 is 0. The van der Waals surface area contributed by atoms with Crippen LogP contribution >= 0.6 is 0 Å². The van der Waals surface area contributed by atoms with E-state index < -0.39 is 12.1 Å². The third-order valence-electron chi connectivity index (χ3n) is 5.87. The summed E-state index contributed by atoms with van der Waals surface area (Å²) in [6, 6.07) is 10.1. The monoisotopic (exact) mass is 386 g/mol. The first kappa shape index (κ1) is 20.8. The Bertz CT molecular complexity index is 683. The molecular formula is C23H30O5. The van der Waals surface area contributed by atoms with Crippen LogP contribution in [0.1, 0.15) is 37.7 Å². The minimum Gasteiger partial charge on any atom is -0.480 e. The molecule has 1 aromatic rings. The van der Waals surface area contributed by atoms with Crippen molar-refractivity contribution < 1.29 is 24.5 Å². The lowest BCUT2D eigenvalue weighted by Crippen LogP contribution is -2.26. The molecule has 5 nitrogen and oxygen atoms in total. The number of carboxylic acid groups (broad SMARTS) is 1. The molecule has 2 fully saturated rings. The van der Waals surface area contributed by atoms with Gasteiger partial charge in [0.1, 0.15) is 6.61 Å². The van der Waals surface area contributed by atoms with Crippen molar-refractivity contribution in [3.63, 3.8) is 0 Å². The Balaban J connectivity index is 1.54. The second-order valence-corrected chi connectivity index (χ2v) is 7.72. The number of allylic oxidation sites excluding steroid dienone is 1. The van der Waals surface area contributed by atoms with Gasteiger partial charge in [0.05, 0.1) is 24.9 Å². The Morgan fingerprint density at radius 2 is 2.00 bits per heavy atom. The van der Waals surface area contributed by atoms with Crippen molar-refractivity contribution >= 4 is 5.97 Å². The van der Waals surface area contributed by atoms with Crippen molar-refractivity contribution in [1.82, 2.24) is 0 Å². The van der Waals surface area contributed by atoms with E-state index in [1.807, 2.05) is 49.4 Å². The molecule has 2 unspecified atom stereocenters. The van der Waals surface area contributed by atoms with Crippen LogP contribution in [-0.4, -0.2) is 47.7 Å². The lowest BCUT2D eigenvalue weighted by molar-refractivity contribution is -0.141. The van der Waals surface area contributed by atoms with Crippen molar-refractivity contribution in [2.45, 2.75) is 50.4 Å². The average Bonchev–Trinajstić information content (AvgIpc) is 3.30. The first-order chi connectivity index (χ1) is 13.6. The molecule has 0 aromatic heterocycles. The van der Waals surface area contributed by atoms with Crippen LogP contribution in [0.25, 0.3) is 0 Å². The topological polar surface area (TPSA) is 76.0 Å². The van der Waals surface area contributed by atoms with Crippen LogP contribution in [0.4, 0.5) is 0 Å². The number of hydrogen-bond acceptors (Lipinski definition) is 4. The maximum absolute atomic E-state index is 10.6. The summed E-state index contributed by atoms with van der Waals surface area (Å²) in [6.45, 7) is 2.07. The summed E-state index contributed by atoms with van der Waals surface area (Å²) in [5.74, 6) is -0.212. The van der Waals surface area contributed by atoms with Crippen LogP contribution < -0.4 is 0 Å². The number of hydrogen-bond donors (Lipinski definition) is 2. The first-order valence-electron chi connectivity index (χ1n) is 10.1. The van der Waals surface area contributed by atoms with Gasteiger partial charge in [-0.25, -0.2) is 4.79 Å². The summed E-state index contributed by atoms with van der Waals surface area (Å²) in [5.41, 5.74) is 1.13. The molecule has 3 rings (SSSR count). The van der Waals surface area contributed by atoms with Crippen LogP contribution in [0.2, 0.25) is 0 Å². The Morgan fingerprint density at radius 3 is 2.75 bits per heavy atom. The summed E-state index contributed by atoms with van der Waals surface area (Å²) in [6.07, 6.45) is 11.0. The van der Waals surface area contributed by atoms with Crippen molar-refractivity contribution in [1.29, 1.82) is 0 Å². The number of carboxylic acids is 1. The normalized spacial score (nSPS) is 28.9. The molecule has 0 spiro atoms. The number of ether oxygens (including phenoxy) is 2. The smallest absolute Gasteiger partial charge is 0.329 e. The van der Waals surface area contributed by atoms with E-state index in [4.69, 9.17) is 14.6 Å². The van der Waals surface area contributed by atoms with Crippen molar-refractivity contribution in [2.24, 2.45) is 11.8 Å². The zero-order valence-corrected chi connectivity index (χ0v) is 16.3. The van der Waals surface area contributed by atoms with Gasteiger partial charge in [-0.1, -0.05) is 61.6 Å². The lowest BCUT2D eigenvalue weighted by Gasteiger charge is -2.25. The molecule has 2 bridgehead atoms. The second-order valence-electron chi connectivity index (χ2n) is 7.72. The quantitative estimate of drug-likeness (QED) is 0.475. The van der Waals surface area contributed by atoms with E-state index in [2.05, 4.69) is 12.2 Å². The second kappa shape index (κ2) is 10.0. The molecule has 152 valence electrons. The fourth-order valence-electron chi connectivity index (χ4n) is 4.28. The standard InChI is InChI=1S/C23H30O5/c1-16(17-7-3-2-4-8-17)20(24)11-10-19-18(21-12-13-22(19)28-21)9-5-6-14-27-15-23(25)26/h2-8,10-11,16,18-22,24H,9,12-15H2,1H3,(H,25,26)/t16?,18-,19+,20?,21-,22+/m0/s1. The van der Waals surface area contributed by atoms with E-state index in [0.717, 1.165) is 24.8 Å². The van der Waals surface area contributed by atoms with Gasteiger partial charge in [-0.3, -0.25) is 0 Å². The molecule has 0 radical (unpaired) electrons. The predicted molar refractivity (Wildman–Crippen MR) is 107 cm³/mol. The van der Waals surface area contributed by atoms with Gasteiger partial charge in [-0.15, -0.1) is 0 Å². The van der Waals surface area contributed by atoms with Crippen molar-refractivity contribution in [3.8, 4) is 0 Å². The van der Waals surface area contributed by atoms with Crippen LogP contribution in [0.15, 0.2) is 54.6 Å². The minimum atomic E-state index is -0.955. The summed E-state index contributed by atoms with van der Waals surface area (Å²) in [7, 11) is 0. The number of rotatable bonds is 10. The van der Waals surface area contributed by atoms with Gasteiger partial charge >= 0.3 is 5.97 Å². The maximum atomic E-state index is 10.6. The number of aliphatic hydroxyl groups excluding tert-OH is 1. The third-order valence-corrected chi connectivity index (χ3v) is 5.87. The summed E-state index contributed by atoms with van der Waals surface area (Å²) in [4.78, 5) is 10.4. The van der Waals surface area contributed by atoms with Gasteiger partial charge in [-0.05, 0) is 30.7 Å². The van der Waals surface area contributed by atoms with Crippen LogP contribution in [0.3, 0.4) is 0 Å². The molecule has 2 N–H and O–H groups in total. The third kappa shape index (κ3) is 5.31. The van der Waals surface area contributed by atoms with E-state index in [1.54, 1.807) is 0 Å². The highest BCUT2D eigenvalue weighted by molar-refractivity contribution is 5.67. The molecule has 2 aliphatic heterocycles. The molecule has 6 atom stereocenters. The highest BCUT2D eigenvalue weighted by Crippen LogP contribution is 2.46. The Morgan fingerprint density at radius 1 is 1.25 bits per heavy atom. The molecule has 2 heterocycles. The fourth-order valence-corrected chi connectivity index (χ4v) is 4.28. The van der Waals surface area contributed by atoms with E-state index >= 15 is 0 Å². The van der Waals surface area contributed by atoms with Gasteiger partial charge in [-0.2, -0.15) is 0 Å². The Hall–Kier alpha value is -1.95. The Labute approximate surface area is 166 Å². The molecular weight excluding hydrogens is 356 g/mol. The lowest BCUT2D eigenvalue weighted by atomic mass is 9.77. The number of fused-ring (bicyclic) bond motifs is 2. The number of benzene rings is 1. The molecule has 2 saturated heterocycles. The van der Waals surface area contributed by atoms with Crippen molar-refractivity contribution in [2.75, 3.05) is 13.2 Å². The molecule has 2 aliphatic rings. The minimum absolute atomic E-state index is 0.0432. The van der Waals surface area contributed by atoms with E-state index in [1.165, 1.54) is 0 Å². The van der Waals surface area contributed by atoms with Gasteiger partial charge in [0, 0.05) is 11.8 Å². The number of aliphatic hydroxyl groups is 1. The maximum Gasteiger partial charge on any atom is 0.329 e. The van der Waals surface area contributed by atoms with E-state index in [9.17, 15) is 9.90 Å². The van der Waals surface area contributed by atoms with Gasteiger partial charge in [0.25, 0.3) is 0 Å². The number of aliphatic carboxylic acids is 1. The highest BCUT2D eigenvalue weighted by Gasteiger charge is 2.46. The Kier molecular flexibility index (Phi) is 7.43. The van der Waals surface area contributed by atoms with Crippen LogP contribution in [0.5, 0.6) is 0 Å². The van der Waals surface area contributed by atoms with Gasteiger partial charge in [0.2, 0.25) is 0 Å². The first-order valence-corrected chi connectivity index (χ1v) is 10.1. The molecule has 0 saturated carbocycles. The largest absolute Gasteiger partial charge is 0.480 e. The molecule has 0 aliphatic carbocycles. The number of carbonyl (C=O) groups is 1. The molecule has 0 amide bonds. The zero-order chi connectivity index (χ0) is 19.9. The highest BCUT2D eigenvalue weighted by atomic mass is 16.5. The van der Waals surface area contributed by atoms with Crippen LogP contribution in [-0.2, 0) is 14.3 Å². The fraction of sp³-hybridized carbons (Fsp3) is 0.522. The molecule has 28 heavy (non-hydrogen) atoms. The van der Waals surface area contributed by atoms with E-state index in [-0.39, 0.29) is 24.7 Å². The van der Waals surface area contributed by atoms with E-state index in [0.29, 0.717) is 18.4 Å². The average molecular weight is 386 g/mol. The van der Waals surface area contributed by atoms with Gasteiger partial charge in [0.15, 0.2) is 0 Å². The SMILES string of the molecule is CC(c1ccccc1)C(O)C=C[C@@H]1[C@H](CC=CCOCC(=O)O)[C@@H]2CC[C@H]1O2. The summed E-state index contributed by atoms with van der Waals surface area (Å²) < 4.78 is 11.1.